The molecule has 28 heavy (non-hydrogen) atoms. The fraction of sp³-hybridized carbons (Fsp3) is 0.455. The van der Waals surface area contributed by atoms with E-state index >= 15 is 0 Å². The number of anilines is 2. The number of nitrogens with one attached hydrogen (secondary N) is 2. The van der Waals surface area contributed by atoms with Gasteiger partial charge >= 0.3 is 0 Å². The molecule has 1 aliphatic rings. The molecule has 0 spiro atoms. The molecule has 2 aromatic rings. The highest BCUT2D eigenvalue weighted by Gasteiger charge is 2.23. The van der Waals surface area contributed by atoms with Gasteiger partial charge in [0, 0.05) is 11.4 Å². The third-order valence-electron chi connectivity index (χ3n) is 6.02. The highest BCUT2D eigenvalue weighted by Crippen LogP contribution is 2.28. The van der Waals surface area contributed by atoms with Crippen molar-refractivity contribution < 1.29 is 13.3 Å². The van der Waals surface area contributed by atoms with Crippen molar-refractivity contribution in [3.05, 3.63) is 52.6 Å². The summed E-state index contributed by atoms with van der Waals surface area (Å²) >= 11 is 0. The van der Waals surface area contributed by atoms with Gasteiger partial charge in [-0.2, -0.15) is 0 Å². The number of rotatable bonds is 5. The Morgan fingerprint density at radius 3 is 2.00 bits per heavy atom. The average molecular weight is 403 g/mol. The van der Waals surface area contributed by atoms with E-state index in [9.17, 15) is 8.42 Å². The Labute approximate surface area is 169 Å². The Kier molecular flexibility index (Phi) is 6.01. The lowest BCUT2D eigenvalue weighted by Crippen LogP contribution is -3.14. The summed E-state index contributed by atoms with van der Waals surface area (Å²) in [5.41, 5.74) is 5.35. The van der Waals surface area contributed by atoms with Gasteiger partial charge in [-0.25, -0.2) is 8.42 Å². The van der Waals surface area contributed by atoms with E-state index in [-0.39, 0.29) is 0 Å². The molecule has 1 fully saturated rings. The van der Waals surface area contributed by atoms with Gasteiger partial charge in [-0.05, 0) is 81.1 Å². The number of nitrogens with zero attached hydrogens (tertiary/aromatic N) is 1. The van der Waals surface area contributed by atoms with E-state index in [1.165, 1.54) is 6.54 Å². The minimum Gasteiger partial charge on any atom is -0.360 e. The van der Waals surface area contributed by atoms with Gasteiger partial charge in [0.2, 0.25) is 0 Å². The highest BCUT2D eigenvalue weighted by atomic mass is 32.2. The molecule has 6 heteroatoms. The molecule has 0 aliphatic carbocycles. The van der Waals surface area contributed by atoms with E-state index in [4.69, 9.17) is 0 Å². The molecule has 0 amide bonds. The molecule has 1 aliphatic heterocycles. The van der Waals surface area contributed by atoms with Crippen LogP contribution in [0.3, 0.4) is 0 Å². The maximum atomic E-state index is 13.1. The molecule has 0 aromatic heterocycles. The van der Waals surface area contributed by atoms with Crippen LogP contribution >= 0.6 is 0 Å². The summed E-state index contributed by atoms with van der Waals surface area (Å²) in [5, 5.41) is 0. The molecule has 1 heterocycles. The lowest BCUT2D eigenvalue weighted by Gasteiger charge is -2.33. The minimum absolute atomic E-state index is 0.396. The number of quaternary nitrogens is 1. The van der Waals surface area contributed by atoms with Crippen LogP contribution in [-0.4, -0.2) is 41.1 Å². The number of hydrogen-bond acceptors (Lipinski definition) is 3. The van der Waals surface area contributed by atoms with Crippen molar-refractivity contribution in [2.24, 2.45) is 0 Å². The quantitative estimate of drug-likeness (QED) is 0.808. The van der Waals surface area contributed by atoms with E-state index in [1.54, 1.807) is 4.90 Å². The first-order chi connectivity index (χ1) is 13.2. The SMILES string of the molecule is CC[NH+]1CCN(c2ccc(NS(=O)(=O)c3c(C)c(C)cc(C)c3C)cc2)CC1. The fourth-order valence-electron chi connectivity index (χ4n) is 3.96. The van der Waals surface area contributed by atoms with Crippen molar-refractivity contribution in [3.63, 3.8) is 0 Å². The zero-order valence-corrected chi connectivity index (χ0v) is 18.4. The van der Waals surface area contributed by atoms with Crippen LogP contribution in [0.1, 0.15) is 29.2 Å². The second kappa shape index (κ2) is 8.13. The van der Waals surface area contributed by atoms with Gasteiger partial charge in [-0.3, -0.25) is 4.72 Å². The molecule has 1 saturated heterocycles. The number of hydrogen-bond donors (Lipinski definition) is 2. The second-order valence-electron chi connectivity index (χ2n) is 7.83. The standard InChI is InChI=1S/C22H31N3O2S/c1-6-24-11-13-25(14-12-24)21-9-7-20(8-10-21)23-28(26,27)22-18(4)16(2)15-17(3)19(22)5/h7-10,15,23H,6,11-14H2,1-5H3/p+1. The predicted molar refractivity (Wildman–Crippen MR) is 116 cm³/mol. The average Bonchev–Trinajstić information content (AvgIpc) is 2.67. The van der Waals surface area contributed by atoms with E-state index in [1.807, 2.05) is 58.0 Å². The molecule has 0 atom stereocenters. The lowest BCUT2D eigenvalue weighted by molar-refractivity contribution is -0.898. The molecule has 0 saturated carbocycles. The van der Waals surface area contributed by atoms with Gasteiger partial charge in [0.15, 0.2) is 0 Å². The van der Waals surface area contributed by atoms with E-state index < -0.39 is 10.0 Å². The molecule has 0 unspecified atom stereocenters. The number of likely N-dealkylation sites (N-methyl/N-ethyl adjacent to an activating group) is 1. The molecular weight excluding hydrogens is 370 g/mol. The van der Waals surface area contributed by atoms with Crippen LogP contribution in [0.2, 0.25) is 0 Å². The van der Waals surface area contributed by atoms with Gasteiger partial charge < -0.3 is 9.80 Å². The zero-order valence-electron chi connectivity index (χ0n) is 17.6. The third-order valence-corrected chi connectivity index (χ3v) is 7.68. The van der Waals surface area contributed by atoms with Crippen molar-refractivity contribution in [2.75, 3.05) is 42.3 Å². The third kappa shape index (κ3) is 4.18. The second-order valence-corrected chi connectivity index (χ2v) is 9.45. The molecule has 2 aromatic carbocycles. The molecule has 2 N–H and O–H groups in total. The monoisotopic (exact) mass is 402 g/mol. The van der Waals surface area contributed by atoms with Gasteiger partial charge in [0.25, 0.3) is 10.0 Å². The van der Waals surface area contributed by atoms with Crippen LogP contribution in [0.25, 0.3) is 0 Å². The first kappa shape index (κ1) is 20.7. The van der Waals surface area contributed by atoms with Crippen molar-refractivity contribution in [1.82, 2.24) is 0 Å². The van der Waals surface area contributed by atoms with E-state index in [0.717, 1.165) is 54.1 Å². The summed E-state index contributed by atoms with van der Waals surface area (Å²) in [6.45, 7) is 15.4. The summed E-state index contributed by atoms with van der Waals surface area (Å²) in [5.74, 6) is 0. The summed E-state index contributed by atoms with van der Waals surface area (Å²) in [4.78, 5) is 4.41. The van der Waals surface area contributed by atoms with Gasteiger partial charge in [0.05, 0.1) is 37.6 Å². The minimum atomic E-state index is -3.64. The molecule has 0 radical (unpaired) electrons. The number of aryl methyl sites for hydroxylation is 2. The molecule has 0 bridgehead atoms. The van der Waals surface area contributed by atoms with Gasteiger partial charge in [-0.15, -0.1) is 0 Å². The van der Waals surface area contributed by atoms with Crippen molar-refractivity contribution >= 4 is 21.4 Å². The van der Waals surface area contributed by atoms with Crippen molar-refractivity contribution in [1.29, 1.82) is 0 Å². The zero-order chi connectivity index (χ0) is 20.5. The van der Waals surface area contributed by atoms with Crippen LogP contribution in [0.4, 0.5) is 11.4 Å². The van der Waals surface area contributed by atoms with Crippen LogP contribution in [0.5, 0.6) is 0 Å². The van der Waals surface area contributed by atoms with E-state index in [0.29, 0.717) is 10.6 Å². The van der Waals surface area contributed by atoms with Crippen molar-refractivity contribution in [3.8, 4) is 0 Å². The Morgan fingerprint density at radius 1 is 0.964 bits per heavy atom. The maximum absolute atomic E-state index is 13.1. The Balaban J connectivity index is 1.79. The topological polar surface area (TPSA) is 53.9 Å². The molecule has 152 valence electrons. The summed E-state index contributed by atoms with van der Waals surface area (Å²) in [6, 6.07) is 9.78. The van der Waals surface area contributed by atoms with Crippen LogP contribution < -0.4 is 14.5 Å². The van der Waals surface area contributed by atoms with E-state index in [2.05, 4.69) is 16.5 Å². The highest BCUT2D eigenvalue weighted by molar-refractivity contribution is 7.92. The smallest absolute Gasteiger partial charge is 0.262 e. The Bertz CT molecular complexity index is 918. The molecular formula is C22H32N3O2S+. The number of sulfonamides is 1. The lowest BCUT2D eigenvalue weighted by atomic mass is 10.0. The Hall–Kier alpha value is -2.05. The normalized spacial score (nSPS) is 15.7. The van der Waals surface area contributed by atoms with Crippen LogP contribution in [-0.2, 0) is 10.0 Å². The summed E-state index contributed by atoms with van der Waals surface area (Å²) < 4.78 is 28.9. The first-order valence-electron chi connectivity index (χ1n) is 10.0. The van der Waals surface area contributed by atoms with Crippen LogP contribution in [0.15, 0.2) is 35.2 Å². The van der Waals surface area contributed by atoms with Gasteiger partial charge in [-0.1, -0.05) is 6.07 Å². The molecule has 5 nitrogen and oxygen atoms in total. The summed E-state index contributed by atoms with van der Waals surface area (Å²) in [6.07, 6.45) is 0. The largest absolute Gasteiger partial charge is 0.360 e. The van der Waals surface area contributed by atoms with Crippen LogP contribution in [0, 0.1) is 27.7 Å². The number of piperazine rings is 1. The molecule has 3 rings (SSSR count). The van der Waals surface area contributed by atoms with Crippen molar-refractivity contribution in [2.45, 2.75) is 39.5 Å². The first-order valence-corrected chi connectivity index (χ1v) is 11.5. The predicted octanol–water partition coefficient (Wildman–Crippen LogP) is 2.45. The Morgan fingerprint density at radius 2 is 1.50 bits per heavy atom. The van der Waals surface area contributed by atoms with Gasteiger partial charge in [0.1, 0.15) is 0 Å². The number of benzene rings is 2. The fourth-order valence-corrected chi connectivity index (χ4v) is 5.64. The summed E-state index contributed by atoms with van der Waals surface area (Å²) in [7, 11) is -3.64. The maximum Gasteiger partial charge on any atom is 0.262 e.